The number of nitrogens with zero attached hydrogens (tertiary/aromatic N) is 3. The Morgan fingerprint density at radius 1 is 1.00 bits per heavy atom. The fourth-order valence-corrected chi connectivity index (χ4v) is 2.07. The summed E-state index contributed by atoms with van der Waals surface area (Å²) in [5.74, 6) is -0.245. The molecule has 0 aliphatic rings. The smallest absolute Gasteiger partial charge is 0.123 e. The average Bonchev–Trinajstić information content (AvgIpc) is 2.83. The number of imidazole rings is 1. The van der Waals surface area contributed by atoms with Gasteiger partial charge in [-0.2, -0.15) is 0 Å². The van der Waals surface area contributed by atoms with E-state index >= 15 is 0 Å². The number of hydrogen-bond donors (Lipinski definition) is 0. The normalized spacial score (nSPS) is 10.6. The van der Waals surface area contributed by atoms with Crippen LogP contribution in [-0.2, 0) is 7.05 Å². The Morgan fingerprint density at radius 3 is 2.47 bits per heavy atom. The van der Waals surface area contributed by atoms with Crippen LogP contribution < -0.4 is 0 Å². The first-order valence-electron chi connectivity index (χ1n) is 5.94. The first kappa shape index (κ1) is 11.6. The van der Waals surface area contributed by atoms with E-state index in [2.05, 4.69) is 9.97 Å². The first-order chi connectivity index (χ1) is 9.25. The highest BCUT2D eigenvalue weighted by Crippen LogP contribution is 2.29. The van der Waals surface area contributed by atoms with Crippen LogP contribution in [0.15, 0.2) is 55.0 Å². The topological polar surface area (TPSA) is 30.7 Å². The van der Waals surface area contributed by atoms with E-state index in [0.29, 0.717) is 0 Å². The summed E-state index contributed by atoms with van der Waals surface area (Å²) >= 11 is 0. The van der Waals surface area contributed by atoms with Crippen LogP contribution in [0.2, 0.25) is 0 Å². The summed E-state index contributed by atoms with van der Waals surface area (Å²) in [6.07, 6.45) is 3.47. The summed E-state index contributed by atoms with van der Waals surface area (Å²) < 4.78 is 14.9. The van der Waals surface area contributed by atoms with Crippen molar-refractivity contribution < 1.29 is 4.39 Å². The lowest BCUT2D eigenvalue weighted by atomic mass is 10.1. The molecule has 1 aromatic carbocycles. The number of hydrogen-bond acceptors (Lipinski definition) is 2. The monoisotopic (exact) mass is 253 g/mol. The zero-order chi connectivity index (χ0) is 13.2. The Morgan fingerprint density at radius 2 is 1.79 bits per heavy atom. The minimum atomic E-state index is -0.245. The molecule has 2 aromatic heterocycles. The van der Waals surface area contributed by atoms with Crippen molar-refractivity contribution >= 4 is 0 Å². The van der Waals surface area contributed by atoms with Crippen molar-refractivity contribution in [2.24, 2.45) is 7.05 Å². The van der Waals surface area contributed by atoms with Gasteiger partial charge in [-0.25, -0.2) is 9.37 Å². The summed E-state index contributed by atoms with van der Waals surface area (Å²) in [5.41, 5.74) is 3.46. The Kier molecular flexibility index (Phi) is 2.83. The van der Waals surface area contributed by atoms with E-state index in [1.54, 1.807) is 24.7 Å². The molecule has 3 aromatic rings. The van der Waals surface area contributed by atoms with Gasteiger partial charge in [-0.15, -0.1) is 0 Å². The third kappa shape index (κ3) is 2.12. The molecule has 0 spiro atoms. The van der Waals surface area contributed by atoms with Crippen LogP contribution in [0.5, 0.6) is 0 Å². The fourth-order valence-electron chi connectivity index (χ4n) is 2.07. The number of aromatic nitrogens is 3. The average molecular weight is 253 g/mol. The Balaban J connectivity index is 2.17. The van der Waals surface area contributed by atoms with Crippen molar-refractivity contribution in [2.45, 2.75) is 0 Å². The van der Waals surface area contributed by atoms with Crippen LogP contribution in [0.1, 0.15) is 0 Å². The molecule has 3 rings (SSSR count). The van der Waals surface area contributed by atoms with Gasteiger partial charge in [0.05, 0.1) is 17.7 Å². The van der Waals surface area contributed by atoms with Gasteiger partial charge in [0.1, 0.15) is 11.5 Å². The third-order valence-electron chi connectivity index (χ3n) is 2.96. The molecule has 0 unspecified atom stereocenters. The molecule has 0 saturated heterocycles. The van der Waals surface area contributed by atoms with Crippen molar-refractivity contribution in [3.05, 3.63) is 60.8 Å². The lowest BCUT2D eigenvalue weighted by Gasteiger charge is -2.06. The summed E-state index contributed by atoms with van der Waals surface area (Å²) in [7, 11) is 1.91. The number of benzene rings is 1. The van der Waals surface area contributed by atoms with Gasteiger partial charge in [-0.1, -0.05) is 6.07 Å². The van der Waals surface area contributed by atoms with Crippen LogP contribution in [0.25, 0.3) is 22.6 Å². The Bertz CT molecular complexity index is 687. The van der Waals surface area contributed by atoms with Gasteiger partial charge < -0.3 is 4.57 Å². The Labute approximate surface area is 110 Å². The molecule has 0 amide bonds. The van der Waals surface area contributed by atoms with E-state index in [9.17, 15) is 4.39 Å². The second kappa shape index (κ2) is 4.65. The van der Waals surface area contributed by atoms with Crippen LogP contribution in [-0.4, -0.2) is 14.5 Å². The van der Waals surface area contributed by atoms with E-state index in [-0.39, 0.29) is 5.82 Å². The predicted octanol–water partition coefficient (Wildman–Crippen LogP) is 3.29. The number of halogens is 1. The van der Waals surface area contributed by atoms with Crippen molar-refractivity contribution in [2.75, 3.05) is 0 Å². The first-order valence-corrected chi connectivity index (χ1v) is 5.94. The highest BCUT2D eigenvalue weighted by atomic mass is 19.1. The summed E-state index contributed by atoms with van der Waals surface area (Å²) in [5, 5.41) is 0. The molecule has 0 N–H and O–H groups in total. The van der Waals surface area contributed by atoms with Crippen molar-refractivity contribution in [1.82, 2.24) is 14.5 Å². The number of rotatable bonds is 2. The molecule has 94 valence electrons. The largest absolute Gasteiger partial charge is 0.333 e. The molecule has 0 bridgehead atoms. The quantitative estimate of drug-likeness (QED) is 0.701. The van der Waals surface area contributed by atoms with Crippen molar-refractivity contribution in [3.63, 3.8) is 0 Å². The van der Waals surface area contributed by atoms with Crippen LogP contribution in [0.4, 0.5) is 4.39 Å². The zero-order valence-electron chi connectivity index (χ0n) is 10.4. The minimum Gasteiger partial charge on any atom is -0.333 e. The maximum absolute atomic E-state index is 13.0. The van der Waals surface area contributed by atoms with Crippen LogP contribution >= 0.6 is 0 Å². The Hall–Kier alpha value is -2.49. The fraction of sp³-hybridized carbons (Fsp3) is 0.0667. The van der Waals surface area contributed by atoms with E-state index in [0.717, 1.165) is 22.6 Å². The van der Waals surface area contributed by atoms with Gasteiger partial charge in [0.15, 0.2) is 0 Å². The van der Waals surface area contributed by atoms with E-state index in [1.807, 2.05) is 29.8 Å². The SMILES string of the molecule is Cn1cnc(-c2ccccn2)c1-c1ccc(F)cc1. The predicted molar refractivity (Wildman–Crippen MR) is 71.8 cm³/mol. The van der Waals surface area contributed by atoms with Gasteiger partial charge in [-0.3, -0.25) is 4.98 Å². The van der Waals surface area contributed by atoms with Gasteiger partial charge in [0, 0.05) is 18.8 Å². The number of pyridine rings is 1. The summed E-state index contributed by atoms with van der Waals surface area (Å²) in [4.78, 5) is 8.71. The highest BCUT2D eigenvalue weighted by Gasteiger charge is 2.13. The van der Waals surface area contributed by atoms with Gasteiger partial charge >= 0.3 is 0 Å². The molecular formula is C15H12FN3. The molecule has 0 aliphatic heterocycles. The molecule has 0 fully saturated rings. The molecule has 0 radical (unpaired) electrons. The number of aryl methyl sites for hydroxylation is 1. The molecule has 2 heterocycles. The lowest BCUT2D eigenvalue weighted by Crippen LogP contribution is -1.92. The van der Waals surface area contributed by atoms with Crippen molar-refractivity contribution in [1.29, 1.82) is 0 Å². The van der Waals surface area contributed by atoms with E-state index in [4.69, 9.17) is 0 Å². The van der Waals surface area contributed by atoms with E-state index in [1.165, 1.54) is 12.1 Å². The standard InChI is InChI=1S/C15H12FN3/c1-19-10-18-14(13-4-2-3-9-17-13)15(19)11-5-7-12(16)8-6-11/h2-10H,1H3. The van der Waals surface area contributed by atoms with Gasteiger partial charge in [-0.05, 0) is 36.4 Å². The molecule has 19 heavy (non-hydrogen) atoms. The maximum Gasteiger partial charge on any atom is 0.123 e. The zero-order valence-corrected chi connectivity index (χ0v) is 10.4. The summed E-state index contributed by atoms with van der Waals surface area (Å²) in [6.45, 7) is 0. The molecular weight excluding hydrogens is 241 g/mol. The third-order valence-corrected chi connectivity index (χ3v) is 2.96. The highest BCUT2D eigenvalue weighted by molar-refractivity contribution is 5.76. The van der Waals surface area contributed by atoms with Gasteiger partial charge in [0.25, 0.3) is 0 Å². The molecule has 0 aliphatic carbocycles. The second-order valence-corrected chi connectivity index (χ2v) is 4.27. The lowest BCUT2D eigenvalue weighted by molar-refractivity contribution is 0.628. The summed E-state index contributed by atoms with van der Waals surface area (Å²) in [6, 6.07) is 12.1. The van der Waals surface area contributed by atoms with Gasteiger partial charge in [0.2, 0.25) is 0 Å². The van der Waals surface area contributed by atoms with Crippen LogP contribution in [0, 0.1) is 5.82 Å². The van der Waals surface area contributed by atoms with Crippen molar-refractivity contribution in [3.8, 4) is 22.6 Å². The van der Waals surface area contributed by atoms with Crippen LogP contribution in [0.3, 0.4) is 0 Å². The molecule has 0 saturated carbocycles. The second-order valence-electron chi connectivity index (χ2n) is 4.27. The maximum atomic E-state index is 13.0. The molecule has 3 nitrogen and oxygen atoms in total. The molecule has 0 atom stereocenters. The minimum absolute atomic E-state index is 0.245. The molecule has 4 heteroatoms. The van der Waals surface area contributed by atoms with E-state index < -0.39 is 0 Å².